The number of allylic oxidation sites excluding steroid dienone is 8. The number of carbonyl (C=O) groups excluding carboxylic acids is 1. The molecule has 0 radical (unpaired) electrons. The maximum atomic E-state index is 13.5. The maximum Gasteiger partial charge on any atom is 0.220 e. The number of amides is 1. The molecule has 3 saturated heterocycles. The van der Waals surface area contributed by atoms with Crippen molar-refractivity contribution in [1.82, 2.24) is 5.32 Å². The topological polar surface area (TPSA) is 307 Å². The lowest BCUT2D eigenvalue weighted by Crippen LogP contribution is -2.66. The van der Waals surface area contributed by atoms with Gasteiger partial charge in [0, 0.05) is 6.42 Å². The van der Waals surface area contributed by atoms with E-state index in [1.807, 2.05) is 0 Å². The van der Waals surface area contributed by atoms with Crippen molar-refractivity contribution in [3.63, 3.8) is 0 Å². The Hall–Kier alpha value is -2.25. The highest BCUT2D eigenvalue weighted by atomic mass is 16.8. The van der Waals surface area contributed by atoms with Crippen molar-refractivity contribution in [2.75, 3.05) is 26.4 Å². The summed E-state index contributed by atoms with van der Waals surface area (Å²) >= 11 is 0. The maximum absolute atomic E-state index is 13.5. The van der Waals surface area contributed by atoms with Crippen molar-refractivity contribution in [2.45, 2.75) is 407 Å². The van der Waals surface area contributed by atoms with E-state index in [1.165, 1.54) is 199 Å². The van der Waals surface area contributed by atoms with E-state index in [0.29, 0.717) is 12.8 Å². The number of nitrogens with one attached hydrogen (secondary N) is 1. The minimum atomic E-state index is -1.97. The number of unbranched alkanes of at least 4 members (excludes halogenated alkanes) is 37. The molecule has 1 amide bonds. The van der Waals surface area contributed by atoms with Gasteiger partial charge in [0.15, 0.2) is 18.9 Å². The molecule has 19 nitrogen and oxygen atoms in total. The summed E-state index contributed by atoms with van der Waals surface area (Å²) in [5.74, 6) is -0.239. The zero-order chi connectivity index (χ0) is 69.6. The second-order valence-electron chi connectivity index (χ2n) is 27.8. The Labute approximate surface area is 580 Å². The molecule has 0 bridgehead atoms. The lowest BCUT2D eigenvalue weighted by molar-refractivity contribution is -0.379. The average Bonchev–Trinajstić information content (AvgIpc) is 0.787. The monoisotopic (exact) mass is 1370 g/mol. The number of carbonyl (C=O) groups is 1. The molecule has 19 heteroatoms. The molecule has 96 heavy (non-hydrogen) atoms. The lowest BCUT2D eigenvalue weighted by Gasteiger charge is -2.48. The summed E-state index contributed by atoms with van der Waals surface area (Å²) in [5.41, 5.74) is 0. The first-order chi connectivity index (χ1) is 46.8. The van der Waals surface area contributed by atoms with E-state index < -0.39 is 124 Å². The first-order valence-electron chi connectivity index (χ1n) is 38.9. The summed E-state index contributed by atoms with van der Waals surface area (Å²) in [6.45, 7) is 1.73. The number of hydrogen-bond donors (Lipinski definition) is 12. The van der Waals surface area contributed by atoms with Crippen molar-refractivity contribution < 1.29 is 89.4 Å². The Bertz CT molecular complexity index is 1930. The minimum Gasteiger partial charge on any atom is -0.394 e. The van der Waals surface area contributed by atoms with Crippen LogP contribution < -0.4 is 5.32 Å². The van der Waals surface area contributed by atoms with Crippen LogP contribution in [0.1, 0.15) is 303 Å². The van der Waals surface area contributed by atoms with Gasteiger partial charge in [-0.3, -0.25) is 4.79 Å². The first-order valence-corrected chi connectivity index (χ1v) is 38.9. The molecule has 12 N–H and O–H groups in total. The third-order valence-corrected chi connectivity index (χ3v) is 19.4. The van der Waals surface area contributed by atoms with Crippen LogP contribution in [0.5, 0.6) is 0 Å². The molecule has 0 aromatic carbocycles. The predicted octanol–water partition coefficient (Wildman–Crippen LogP) is 12.1. The van der Waals surface area contributed by atoms with E-state index >= 15 is 0 Å². The van der Waals surface area contributed by atoms with Crippen molar-refractivity contribution in [3.8, 4) is 0 Å². The van der Waals surface area contributed by atoms with Crippen LogP contribution in [-0.4, -0.2) is 193 Å². The highest BCUT2D eigenvalue weighted by Gasteiger charge is 2.54. The largest absolute Gasteiger partial charge is 0.394 e. The van der Waals surface area contributed by atoms with Gasteiger partial charge in [0.1, 0.15) is 73.2 Å². The van der Waals surface area contributed by atoms with Crippen LogP contribution in [0, 0.1) is 0 Å². The van der Waals surface area contributed by atoms with E-state index in [0.717, 1.165) is 70.6 Å². The molecule has 3 rings (SSSR count). The van der Waals surface area contributed by atoms with Crippen molar-refractivity contribution >= 4 is 5.91 Å². The average molecular weight is 1370 g/mol. The van der Waals surface area contributed by atoms with Crippen LogP contribution in [0.25, 0.3) is 0 Å². The van der Waals surface area contributed by atoms with Gasteiger partial charge in [-0.15, -0.1) is 0 Å². The van der Waals surface area contributed by atoms with Gasteiger partial charge in [0.25, 0.3) is 0 Å². The fourth-order valence-corrected chi connectivity index (χ4v) is 13.2. The Morgan fingerprint density at radius 1 is 0.385 bits per heavy atom. The molecule has 17 atom stereocenters. The number of rotatable bonds is 61. The molecule has 3 aliphatic rings. The number of aliphatic hydroxyl groups excluding tert-OH is 11. The lowest BCUT2D eigenvalue weighted by atomic mass is 9.96. The Kier molecular flexibility index (Phi) is 53.4. The van der Waals surface area contributed by atoms with Gasteiger partial charge in [-0.2, -0.15) is 0 Å². The van der Waals surface area contributed by atoms with E-state index in [9.17, 15) is 61.0 Å². The third kappa shape index (κ3) is 38.7. The Morgan fingerprint density at radius 3 is 1.12 bits per heavy atom. The summed E-state index contributed by atoms with van der Waals surface area (Å²) in [6, 6.07) is -0.889. The van der Waals surface area contributed by atoms with Crippen LogP contribution in [-0.2, 0) is 33.2 Å². The molecule has 0 aliphatic carbocycles. The summed E-state index contributed by atoms with van der Waals surface area (Å²) < 4.78 is 34.5. The van der Waals surface area contributed by atoms with Crippen LogP contribution in [0.15, 0.2) is 48.6 Å². The van der Waals surface area contributed by atoms with Crippen molar-refractivity contribution in [3.05, 3.63) is 48.6 Å². The van der Waals surface area contributed by atoms with Gasteiger partial charge in [-0.25, -0.2) is 0 Å². The molecule has 562 valence electrons. The van der Waals surface area contributed by atoms with Gasteiger partial charge in [0.2, 0.25) is 5.91 Å². The number of hydrogen-bond acceptors (Lipinski definition) is 18. The molecule has 0 saturated carbocycles. The smallest absolute Gasteiger partial charge is 0.220 e. The number of ether oxygens (including phenoxy) is 6. The highest BCUT2D eigenvalue weighted by Crippen LogP contribution is 2.33. The Morgan fingerprint density at radius 2 is 0.719 bits per heavy atom. The quantitative estimate of drug-likeness (QED) is 0.0199. The highest BCUT2D eigenvalue weighted by molar-refractivity contribution is 5.76. The van der Waals surface area contributed by atoms with Crippen LogP contribution >= 0.6 is 0 Å². The second-order valence-corrected chi connectivity index (χ2v) is 27.8. The Balaban J connectivity index is 1.38. The molecule has 0 spiro atoms. The zero-order valence-electron chi connectivity index (χ0n) is 59.9. The van der Waals surface area contributed by atoms with Crippen LogP contribution in [0.3, 0.4) is 0 Å². The molecular weight excluding hydrogens is 1230 g/mol. The fourth-order valence-electron chi connectivity index (χ4n) is 13.2. The SMILES string of the molecule is CC/C=C\C/C=C\C/C=C\C/C=C\CCCCCCCCCCCCCCCCCCC(=O)NC(COC1OC(CO)C(OC2OC(CO)C(OC3OC(CO)C(O)C(O)C3O)C(O)C2O)C(O)C1O)C(O)CCCCCCCCCCCCCCCCCCCCCCCC. The van der Waals surface area contributed by atoms with Crippen molar-refractivity contribution in [2.24, 2.45) is 0 Å². The molecular formula is C77H141NO18. The first kappa shape index (κ1) is 88.0. The summed E-state index contributed by atoms with van der Waals surface area (Å²) in [7, 11) is 0. The van der Waals surface area contributed by atoms with E-state index in [4.69, 9.17) is 28.4 Å². The third-order valence-electron chi connectivity index (χ3n) is 19.4. The van der Waals surface area contributed by atoms with Gasteiger partial charge in [0.05, 0.1) is 38.6 Å². The van der Waals surface area contributed by atoms with E-state index in [-0.39, 0.29) is 18.9 Å². The molecule has 3 aliphatic heterocycles. The fraction of sp³-hybridized carbons (Fsp3) is 0.883. The summed E-state index contributed by atoms with van der Waals surface area (Å²) in [6.07, 6.45) is 44.7. The van der Waals surface area contributed by atoms with Crippen molar-refractivity contribution in [1.29, 1.82) is 0 Å². The van der Waals surface area contributed by atoms with Crippen LogP contribution in [0.2, 0.25) is 0 Å². The summed E-state index contributed by atoms with van der Waals surface area (Å²) in [5, 5.41) is 121. The van der Waals surface area contributed by atoms with Gasteiger partial charge in [-0.1, -0.05) is 294 Å². The molecule has 17 unspecified atom stereocenters. The van der Waals surface area contributed by atoms with Crippen LogP contribution in [0.4, 0.5) is 0 Å². The van der Waals surface area contributed by atoms with Gasteiger partial charge < -0.3 is 89.9 Å². The van der Waals surface area contributed by atoms with E-state index in [2.05, 4.69) is 67.8 Å². The molecule has 3 fully saturated rings. The zero-order valence-corrected chi connectivity index (χ0v) is 59.9. The normalized spacial score (nSPS) is 27.3. The molecule has 0 aromatic heterocycles. The minimum absolute atomic E-state index is 0.239. The second kappa shape index (κ2) is 58.3. The number of aliphatic hydroxyl groups is 11. The van der Waals surface area contributed by atoms with Gasteiger partial charge >= 0.3 is 0 Å². The standard InChI is InChI=1S/C77H141NO18/c1-3-5-7-9-11-13-15-17-19-21-23-25-27-28-29-30-31-32-33-35-37-39-41-43-45-47-49-51-53-55-65(83)78-60(61(82)54-52-50-48-46-44-42-40-38-36-34-26-24-22-20-18-16-14-12-10-8-6-4-2)59-91-75-71(89)68(86)73(63(57-80)93-75)96-77-72(90)69(87)74(64(58-81)94-77)95-76-70(88)67(85)66(84)62(56-79)92-76/h5,7,11,13,17,19,23,25,60-64,66-77,79-82,84-90H,3-4,6,8-10,12,14-16,18,20-22,24,26-59H2,1-2H3,(H,78,83)/b7-5-,13-11-,19-17-,25-23-. The van der Waals surface area contributed by atoms with E-state index in [1.54, 1.807) is 0 Å². The summed E-state index contributed by atoms with van der Waals surface area (Å²) in [4.78, 5) is 13.5. The molecule has 0 aromatic rings. The molecule has 3 heterocycles. The predicted molar refractivity (Wildman–Crippen MR) is 379 cm³/mol. The van der Waals surface area contributed by atoms with Gasteiger partial charge in [-0.05, 0) is 51.4 Å².